The van der Waals surface area contributed by atoms with Gasteiger partial charge in [-0.25, -0.2) is 8.78 Å². The maximum absolute atomic E-state index is 13.0. The Morgan fingerprint density at radius 2 is 1.74 bits per heavy atom. The predicted molar refractivity (Wildman–Crippen MR) is 118 cm³/mol. The maximum atomic E-state index is 13.0. The van der Waals surface area contributed by atoms with Crippen molar-refractivity contribution in [2.45, 2.75) is 35.4 Å². The molecule has 2 aromatic carbocycles. The van der Waals surface area contributed by atoms with Crippen LogP contribution < -0.4 is 11.1 Å². The van der Waals surface area contributed by atoms with Gasteiger partial charge in [0.05, 0.1) is 10.9 Å². The standard InChI is InChI=1S/C22H19Cl3F2N2O2/c23-16-6-5-14(8-15(16)17(30)7-11-9-21(26,27)10-11)29-20(31)19-18(22(19,24)25)12-1-3-13(28)4-2-12/h1-6,8,11,18-19H,7,9-10,28H2,(H,29,31). The van der Waals surface area contributed by atoms with Crippen molar-refractivity contribution in [2.75, 3.05) is 11.1 Å². The molecule has 2 fully saturated rings. The summed E-state index contributed by atoms with van der Waals surface area (Å²) in [7, 11) is 0. The van der Waals surface area contributed by atoms with Crippen LogP contribution in [0.3, 0.4) is 0 Å². The van der Waals surface area contributed by atoms with E-state index in [4.69, 9.17) is 40.5 Å². The lowest BCUT2D eigenvalue weighted by Crippen LogP contribution is -2.36. The van der Waals surface area contributed by atoms with Gasteiger partial charge in [-0.15, -0.1) is 23.2 Å². The van der Waals surface area contributed by atoms with E-state index in [2.05, 4.69) is 5.32 Å². The molecule has 0 saturated heterocycles. The monoisotopic (exact) mass is 486 g/mol. The molecule has 3 N–H and O–H groups in total. The van der Waals surface area contributed by atoms with Gasteiger partial charge in [0.2, 0.25) is 11.8 Å². The second kappa shape index (κ2) is 7.91. The molecular weight excluding hydrogens is 469 g/mol. The fourth-order valence-corrected chi connectivity index (χ4v) is 5.16. The van der Waals surface area contributed by atoms with Gasteiger partial charge in [-0.05, 0) is 41.8 Å². The number of nitrogens with two attached hydrogens (primary N) is 1. The zero-order valence-corrected chi connectivity index (χ0v) is 18.4. The highest BCUT2D eigenvalue weighted by Gasteiger charge is 2.67. The van der Waals surface area contributed by atoms with Crippen molar-refractivity contribution in [3.8, 4) is 0 Å². The first-order chi connectivity index (χ1) is 14.5. The zero-order valence-electron chi connectivity index (χ0n) is 16.2. The number of nitrogen functional groups attached to an aromatic ring is 1. The Bertz CT molecular complexity index is 1040. The number of anilines is 2. The average molecular weight is 488 g/mol. The molecule has 2 unspecified atom stereocenters. The third-order valence-corrected chi connectivity index (χ3v) is 7.08. The molecule has 4 rings (SSSR count). The summed E-state index contributed by atoms with van der Waals surface area (Å²) in [5.74, 6) is -4.87. The third kappa shape index (κ3) is 4.52. The van der Waals surface area contributed by atoms with E-state index < -0.39 is 28.0 Å². The van der Waals surface area contributed by atoms with Crippen LogP contribution in [0.5, 0.6) is 0 Å². The van der Waals surface area contributed by atoms with Gasteiger partial charge in [-0.2, -0.15) is 0 Å². The number of benzene rings is 2. The van der Waals surface area contributed by atoms with Crippen LogP contribution >= 0.6 is 34.8 Å². The number of rotatable bonds is 6. The molecule has 31 heavy (non-hydrogen) atoms. The number of Topliss-reactive ketones (excluding diaryl/α,β-unsaturated/α-hetero) is 1. The first-order valence-corrected chi connectivity index (χ1v) is 10.9. The Kier molecular flexibility index (Phi) is 5.69. The van der Waals surface area contributed by atoms with Gasteiger partial charge < -0.3 is 11.1 Å². The van der Waals surface area contributed by atoms with Crippen LogP contribution in [0.15, 0.2) is 42.5 Å². The average Bonchev–Trinajstić information content (AvgIpc) is 3.24. The minimum Gasteiger partial charge on any atom is -0.399 e. The van der Waals surface area contributed by atoms with E-state index in [-0.39, 0.29) is 41.5 Å². The summed E-state index contributed by atoms with van der Waals surface area (Å²) in [6.45, 7) is 0. The summed E-state index contributed by atoms with van der Waals surface area (Å²) >= 11 is 18.8. The van der Waals surface area contributed by atoms with Crippen molar-refractivity contribution in [3.63, 3.8) is 0 Å². The summed E-state index contributed by atoms with van der Waals surface area (Å²) in [6, 6.07) is 11.5. The first kappa shape index (κ1) is 22.3. The fourth-order valence-electron chi connectivity index (χ4n) is 4.11. The van der Waals surface area contributed by atoms with Crippen LogP contribution in [0.25, 0.3) is 0 Å². The highest BCUT2D eigenvalue weighted by molar-refractivity contribution is 6.53. The molecule has 2 atom stereocenters. The lowest BCUT2D eigenvalue weighted by Gasteiger charge is -2.34. The summed E-state index contributed by atoms with van der Waals surface area (Å²) in [6.07, 6.45) is -0.607. The Morgan fingerprint density at radius 1 is 1.10 bits per heavy atom. The molecule has 0 spiro atoms. The predicted octanol–water partition coefficient (Wildman–Crippen LogP) is 6.07. The number of alkyl halides is 4. The third-order valence-electron chi connectivity index (χ3n) is 5.81. The summed E-state index contributed by atoms with van der Waals surface area (Å²) in [5.41, 5.74) is 7.61. The van der Waals surface area contributed by atoms with Gasteiger partial charge in [0.25, 0.3) is 0 Å². The molecule has 4 nitrogen and oxygen atoms in total. The van der Waals surface area contributed by atoms with Crippen LogP contribution in [0.1, 0.15) is 41.1 Å². The SMILES string of the molecule is Nc1ccc(C2C(C(=O)Nc3ccc(Cl)c(C(=O)CC4CC(F)(F)C4)c3)C2(Cl)Cl)cc1. The van der Waals surface area contributed by atoms with Crippen LogP contribution in [-0.4, -0.2) is 21.9 Å². The molecule has 0 bridgehead atoms. The lowest BCUT2D eigenvalue weighted by molar-refractivity contribution is -0.117. The Balaban J connectivity index is 1.44. The smallest absolute Gasteiger partial charge is 0.248 e. The molecule has 2 aliphatic rings. The lowest BCUT2D eigenvalue weighted by atomic mass is 9.77. The molecule has 2 aliphatic carbocycles. The van der Waals surface area contributed by atoms with Gasteiger partial charge in [-0.1, -0.05) is 23.7 Å². The van der Waals surface area contributed by atoms with Gasteiger partial charge in [-0.3, -0.25) is 9.59 Å². The largest absolute Gasteiger partial charge is 0.399 e. The summed E-state index contributed by atoms with van der Waals surface area (Å²) < 4.78 is 24.8. The fraction of sp³-hybridized carbons (Fsp3) is 0.364. The van der Waals surface area contributed by atoms with Crippen LogP contribution in [0, 0.1) is 11.8 Å². The van der Waals surface area contributed by atoms with Crippen molar-refractivity contribution in [2.24, 2.45) is 11.8 Å². The zero-order chi connectivity index (χ0) is 22.6. The van der Waals surface area contributed by atoms with E-state index in [1.165, 1.54) is 12.1 Å². The van der Waals surface area contributed by atoms with E-state index in [0.29, 0.717) is 11.4 Å². The number of carbonyl (C=O) groups is 2. The number of carbonyl (C=O) groups excluding carboxylic acids is 2. The van der Waals surface area contributed by atoms with E-state index in [1.807, 2.05) is 0 Å². The molecule has 1 amide bonds. The second-order valence-corrected chi connectivity index (χ2v) is 10.1. The van der Waals surface area contributed by atoms with Crippen molar-refractivity contribution >= 4 is 57.9 Å². The van der Waals surface area contributed by atoms with Crippen LogP contribution in [0.2, 0.25) is 5.02 Å². The molecule has 0 heterocycles. The Hall–Kier alpha value is -1.89. The van der Waals surface area contributed by atoms with Crippen LogP contribution in [-0.2, 0) is 4.79 Å². The van der Waals surface area contributed by atoms with Gasteiger partial charge >= 0.3 is 0 Å². The first-order valence-electron chi connectivity index (χ1n) is 9.72. The highest BCUT2D eigenvalue weighted by atomic mass is 35.5. The topological polar surface area (TPSA) is 72.2 Å². The van der Waals surface area contributed by atoms with Crippen LogP contribution in [0.4, 0.5) is 20.2 Å². The van der Waals surface area contributed by atoms with Crippen molar-refractivity contribution < 1.29 is 18.4 Å². The maximum Gasteiger partial charge on any atom is 0.248 e. The minimum atomic E-state index is -2.69. The number of nitrogens with one attached hydrogen (secondary N) is 1. The molecule has 0 aliphatic heterocycles. The second-order valence-electron chi connectivity index (χ2n) is 8.24. The molecule has 2 saturated carbocycles. The Labute approximate surface area is 193 Å². The molecular formula is C22H19Cl3F2N2O2. The molecule has 0 radical (unpaired) electrons. The quantitative estimate of drug-likeness (QED) is 0.295. The number of ketones is 1. The van der Waals surface area contributed by atoms with E-state index in [9.17, 15) is 18.4 Å². The van der Waals surface area contributed by atoms with E-state index in [1.54, 1.807) is 30.3 Å². The van der Waals surface area contributed by atoms with E-state index >= 15 is 0 Å². The number of hydrogen-bond acceptors (Lipinski definition) is 3. The Morgan fingerprint density at radius 3 is 2.35 bits per heavy atom. The molecule has 164 valence electrons. The minimum absolute atomic E-state index is 0.0129. The van der Waals surface area contributed by atoms with Crippen molar-refractivity contribution in [3.05, 3.63) is 58.6 Å². The van der Waals surface area contributed by atoms with Gasteiger partial charge in [0.1, 0.15) is 4.33 Å². The van der Waals surface area contributed by atoms with Gasteiger partial charge in [0, 0.05) is 42.1 Å². The number of halogens is 5. The summed E-state index contributed by atoms with van der Waals surface area (Å²) in [4.78, 5) is 25.3. The highest BCUT2D eigenvalue weighted by Crippen LogP contribution is 2.65. The van der Waals surface area contributed by atoms with Gasteiger partial charge in [0.15, 0.2) is 5.78 Å². The normalized spacial score (nSPS) is 23.6. The van der Waals surface area contributed by atoms with Crippen molar-refractivity contribution in [1.29, 1.82) is 0 Å². The number of amides is 1. The molecule has 0 aromatic heterocycles. The molecule has 9 heteroatoms. The summed E-state index contributed by atoms with van der Waals surface area (Å²) in [5, 5.41) is 2.92. The molecule has 2 aromatic rings. The van der Waals surface area contributed by atoms with Crippen molar-refractivity contribution in [1.82, 2.24) is 0 Å². The number of hydrogen-bond donors (Lipinski definition) is 2. The van der Waals surface area contributed by atoms with E-state index in [0.717, 1.165) is 5.56 Å².